The van der Waals surface area contributed by atoms with Crippen molar-refractivity contribution in [1.29, 1.82) is 0 Å². The summed E-state index contributed by atoms with van der Waals surface area (Å²) in [5, 5.41) is 2.00. The summed E-state index contributed by atoms with van der Waals surface area (Å²) in [4.78, 5) is 14.2. The van der Waals surface area contributed by atoms with Crippen LogP contribution in [0.2, 0.25) is 10.0 Å². The fraction of sp³-hybridized carbons (Fsp3) is 0.286. The molecule has 0 aliphatic carbocycles. The quantitative estimate of drug-likeness (QED) is 0.395. The van der Waals surface area contributed by atoms with Gasteiger partial charge in [0.1, 0.15) is 11.3 Å². The number of aryl methyl sites for hydroxylation is 1. The van der Waals surface area contributed by atoms with Crippen LogP contribution in [0.3, 0.4) is 0 Å². The number of benzene rings is 2. The Bertz CT molecular complexity index is 1110. The van der Waals surface area contributed by atoms with Crippen LogP contribution in [0.5, 0.6) is 5.75 Å². The molecule has 146 valence electrons. The summed E-state index contributed by atoms with van der Waals surface area (Å²) in [6, 6.07) is 9.09. The summed E-state index contributed by atoms with van der Waals surface area (Å²) in [5.41, 5.74) is 2.74. The van der Waals surface area contributed by atoms with Gasteiger partial charge in [0.2, 0.25) is 0 Å². The highest BCUT2D eigenvalue weighted by Crippen LogP contribution is 2.41. The smallest absolute Gasteiger partial charge is 0.336 e. The van der Waals surface area contributed by atoms with Crippen molar-refractivity contribution in [3.05, 3.63) is 66.4 Å². The van der Waals surface area contributed by atoms with Crippen molar-refractivity contribution in [3.8, 4) is 5.75 Å². The number of fused-ring (bicyclic) bond motifs is 3. The first-order valence-electron chi connectivity index (χ1n) is 9.09. The molecule has 2 aromatic carbocycles. The first kappa shape index (κ1) is 19.6. The molecule has 0 unspecified atom stereocenters. The molecule has 0 bridgehead atoms. The van der Waals surface area contributed by atoms with Gasteiger partial charge in [-0.3, -0.25) is 0 Å². The Morgan fingerprint density at radius 2 is 2.00 bits per heavy atom. The molecule has 0 saturated carbocycles. The van der Waals surface area contributed by atoms with E-state index in [9.17, 15) is 4.79 Å². The van der Waals surface area contributed by atoms with Gasteiger partial charge >= 0.3 is 5.63 Å². The summed E-state index contributed by atoms with van der Waals surface area (Å²) in [5.74, 6) is 0.564. The third kappa shape index (κ3) is 3.63. The van der Waals surface area contributed by atoms with Gasteiger partial charge in [0.25, 0.3) is 0 Å². The van der Waals surface area contributed by atoms with E-state index in [1.165, 1.54) is 0 Å². The molecule has 0 amide bonds. The van der Waals surface area contributed by atoms with Gasteiger partial charge in [-0.1, -0.05) is 52.5 Å². The van der Waals surface area contributed by atoms with Crippen LogP contribution in [0.15, 0.2) is 44.0 Å². The number of hydrogen-bond donors (Lipinski definition) is 0. The van der Waals surface area contributed by atoms with Crippen molar-refractivity contribution >= 4 is 55.8 Å². The fourth-order valence-electron chi connectivity index (χ4n) is 3.52. The Morgan fingerprint density at radius 3 is 2.75 bits per heavy atom. The number of halogens is 3. The van der Waals surface area contributed by atoms with Crippen LogP contribution in [0, 0.1) is 0 Å². The number of ether oxygens (including phenoxy) is 1. The predicted octanol–water partition coefficient (Wildman–Crippen LogP) is 6.56. The summed E-state index contributed by atoms with van der Waals surface area (Å²) in [6.45, 7) is 2.91. The molecule has 4 nitrogen and oxygen atoms in total. The lowest BCUT2D eigenvalue weighted by molar-refractivity contribution is 0.289. The zero-order valence-corrected chi connectivity index (χ0v) is 18.3. The molecule has 7 heteroatoms. The summed E-state index contributed by atoms with van der Waals surface area (Å²) < 4.78 is 12.4. The molecule has 0 saturated heterocycles. The summed E-state index contributed by atoms with van der Waals surface area (Å²) >= 11 is 16.4. The minimum absolute atomic E-state index is 0.305. The van der Waals surface area contributed by atoms with Crippen LogP contribution in [0.25, 0.3) is 11.0 Å². The normalized spacial score (nSPS) is 13.5. The largest absolute Gasteiger partial charge is 0.471 e. The average Bonchev–Trinajstić information content (AvgIpc) is 2.67. The zero-order chi connectivity index (χ0) is 19.8. The maximum atomic E-state index is 12.2. The number of rotatable bonds is 4. The maximum Gasteiger partial charge on any atom is 0.336 e. The topological polar surface area (TPSA) is 42.7 Å². The first-order valence-corrected chi connectivity index (χ1v) is 10.6. The molecule has 3 aromatic rings. The van der Waals surface area contributed by atoms with E-state index in [0.717, 1.165) is 45.9 Å². The molecule has 28 heavy (non-hydrogen) atoms. The first-order chi connectivity index (χ1) is 13.5. The van der Waals surface area contributed by atoms with Crippen LogP contribution in [0.1, 0.15) is 30.9 Å². The number of nitrogens with zero attached hydrogens (tertiary/aromatic N) is 1. The Hall–Kier alpha value is -1.69. The lowest BCUT2D eigenvalue weighted by Gasteiger charge is -2.32. The van der Waals surface area contributed by atoms with E-state index >= 15 is 0 Å². The molecule has 0 N–H and O–H groups in total. The minimum atomic E-state index is -0.359. The van der Waals surface area contributed by atoms with Crippen LogP contribution in [-0.2, 0) is 13.0 Å². The zero-order valence-electron chi connectivity index (χ0n) is 15.2. The van der Waals surface area contributed by atoms with Crippen molar-refractivity contribution in [2.24, 2.45) is 0 Å². The Kier molecular flexibility index (Phi) is 5.59. The fourth-order valence-corrected chi connectivity index (χ4v) is 4.59. The van der Waals surface area contributed by atoms with E-state index in [1.807, 2.05) is 29.2 Å². The van der Waals surface area contributed by atoms with Crippen molar-refractivity contribution in [2.45, 2.75) is 32.7 Å². The highest BCUT2D eigenvalue weighted by atomic mass is 79.9. The second-order valence-corrected chi connectivity index (χ2v) is 8.53. The second kappa shape index (κ2) is 7.97. The standard InChI is InChI=1S/C21H18BrCl2NO3/c1-2-3-4-12-7-19(26)28-20-14(12)9-17(24)21-15(20)10-25(11-27-21)18-6-5-13(22)8-16(18)23/h5-9H,2-4,10-11H2,1H3. The third-order valence-corrected chi connectivity index (χ3v) is 5.96. The number of anilines is 1. The van der Waals surface area contributed by atoms with Gasteiger partial charge in [-0.05, 0) is 42.7 Å². The highest BCUT2D eigenvalue weighted by molar-refractivity contribution is 9.10. The highest BCUT2D eigenvalue weighted by Gasteiger charge is 2.26. The van der Waals surface area contributed by atoms with E-state index in [1.54, 1.807) is 6.07 Å². The van der Waals surface area contributed by atoms with E-state index in [2.05, 4.69) is 22.9 Å². The molecule has 0 spiro atoms. The third-order valence-electron chi connectivity index (χ3n) is 4.89. The molecule has 1 aromatic heterocycles. The van der Waals surface area contributed by atoms with E-state index < -0.39 is 0 Å². The molecule has 1 aliphatic heterocycles. The number of unbranched alkanes of at least 4 members (excludes halogenated alkanes) is 1. The Labute approximate surface area is 181 Å². The number of hydrogen-bond acceptors (Lipinski definition) is 4. The lowest BCUT2D eigenvalue weighted by Crippen LogP contribution is -2.32. The molecule has 0 fully saturated rings. The predicted molar refractivity (Wildman–Crippen MR) is 117 cm³/mol. The van der Waals surface area contributed by atoms with Crippen molar-refractivity contribution < 1.29 is 9.15 Å². The summed E-state index contributed by atoms with van der Waals surface area (Å²) in [7, 11) is 0. The molecular weight excluding hydrogens is 465 g/mol. The molecular formula is C21H18BrCl2NO3. The Balaban J connectivity index is 1.84. The van der Waals surface area contributed by atoms with Crippen LogP contribution in [-0.4, -0.2) is 6.73 Å². The van der Waals surface area contributed by atoms with Gasteiger partial charge in [0.05, 0.1) is 27.8 Å². The van der Waals surface area contributed by atoms with Crippen molar-refractivity contribution in [2.75, 3.05) is 11.6 Å². The van der Waals surface area contributed by atoms with Gasteiger partial charge in [-0.25, -0.2) is 4.79 Å². The van der Waals surface area contributed by atoms with E-state index in [4.69, 9.17) is 32.4 Å². The molecule has 0 radical (unpaired) electrons. The van der Waals surface area contributed by atoms with Gasteiger partial charge in [-0.15, -0.1) is 0 Å². The molecule has 1 aliphatic rings. The van der Waals surface area contributed by atoms with Crippen molar-refractivity contribution in [1.82, 2.24) is 0 Å². The van der Waals surface area contributed by atoms with Gasteiger partial charge in [0, 0.05) is 15.9 Å². The Morgan fingerprint density at radius 1 is 1.18 bits per heavy atom. The van der Waals surface area contributed by atoms with E-state index in [0.29, 0.717) is 34.7 Å². The van der Waals surface area contributed by atoms with Gasteiger partial charge < -0.3 is 14.1 Å². The maximum absolute atomic E-state index is 12.2. The lowest BCUT2D eigenvalue weighted by atomic mass is 10.0. The van der Waals surface area contributed by atoms with Crippen LogP contribution in [0.4, 0.5) is 5.69 Å². The molecule has 2 heterocycles. The molecule has 4 rings (SSSR count). The van der Waals surface area contributed by atoms with Crippen LogP contribution >= 0.6 is 39.1 Å². The molecule has 0 atom stereocenters. The van der Waals surface area contributed by atoms with Gasteiger partial charge in [0.15, 0.2) is 6.73 Å². The average molecular weight is 483 g/mol. The van der Waals surface area contributed by atoms with Crippen LogP contribution < -0.4 is 15.3 Å². The van der Waals surface area contributed by atoms with E-state index in [-0.39, 0.29) is 5.63 Å². The van der Waals surface area contributed by atoms with Gasteiger partial charge in [-0.2, -0.15) is 0 Å². The summed E-state index contributed by atoms with van der Waals surface area (Å²) in [6.07, 6.45) is 2.83. The van der Waals surface area contributed by atoms with Crippen molar-refractivity contribution in [3.63, 3.8) is 0 Å². The second-order valence-electron chi connectivity index (χ2n) is 6.80. The SMILES string of the molecule is CCCCc1cc(=O)oc2c3c(c(Cl)cc12)OCN(c1ccc(Br)cc1Cl)C3. The minimum Gasteiger partial charge on any atom is -0.471 e. The monoisotopic (exact) mass is 481 g/mol.